The fraction of sp³-hybridized carbons (Fsp3) is 0.286. The van der Waals surface area contributed by atoms with Gasteiger partial charge in [0.1, 0.15) is 0 Å². The fourth-order valence-corrected chi connectivity index (χ4v) is 4.21. The second kappa shape index (κ2) is 7.08. The van der Waals surface area contributed by atoms with Crippen molar-refractivity contribution in [3.05, 3.63) is 64.3 Å². The highest BCUT2D eigenvalue weighted by atomic mass is 19.3. The van der Waals surface area contributed by atoms with Crippen LogP contribution in [-0.4, -0.2) is 43.4 Å². The van der Waals surface area contributed by atoms with Crippen LogP contribution in [0.15, 0.2) is 47.3 Å². The third-order valence-corrected chi connectivity index (χ3v) is 5.69. The third kappa shape index (κ3) is 3.06. The average molecular weight is 411 g/mol. The summed E-state index contributed by atoms with van der Waals surface area (Å²) in [7, 11) is 0. The Bertz CT molecular complexity index is 1300. The number of fused-ring (bicyclic) bond motifs is 2. The van der Waals surface area contributed by atoms with Crippen molar-refractivity contribution in [1.82, 2.24) is 24.4 Å². The fourth-order valence-electron chi connectivity index (χ4n) is 4.21. The zero-order valence-electron chi connectivity index (χ0n) is 15.9. The number of likely N-dealkylation sites (tertiary alicyclic amines) is 1. The van der Waals surface area contributed by atoms with Crippen LogP contribution < -0.4 is 5.69 Å². The normalized spacial score (nSPS) is 15.5. The van der Waals surface area contributed by atoms with Gasteiger partial charge in [-0.2, -0.15) is 0 Å². The number of aromatic nitrogens is 4. The monoisotopic (exact) mass is 411 g/mol. The van der Waals surface area contributed by atoms with Gasteiger partial charge >= 0.3 is 5.69 Å². The summed E-state index contributed by atoms with van der Waals surface area (Å²) in [5.41, 5.74) is 2.77. The van der Waals surface area contributed by atoms with E-state index in [1.165, 1.54) is 0 Å². The van der Waals surface area contributed by atoms with Gasteiger partial charge in [0.2, 0.25) is 0 Å². The summed E-state index contributed by atoms with van der Waals surface area (Å²) in [4.78, 5) is 36.4. The van der Waals surface area contributed by atoms with Crippen molar-refractivity contribution in [3.8, 4) is 0 Å². The van der Waals surface area contributed by atoms with Crippen LogP contribution in [0.1, 0.15) is 41.5 Å². The summed E-state index contributed by atoms with van der Waals surface area (Å²) in [6, 6.07) is 12.3. The minimum Gasteiger partial charge on any atom is -0.338 e. The maximum absolute atomic E-state index is 12.9. The lowest BCUT2D eigenvalue weighted by atomic mass is 10.0. The highest BCUT2D eigenvalue weighted by molar-refractivity contribution is 5.97. The number of aromatic amines is 2. The summed E-state index contributed by atoms with van der Waals surface area (Å²) in [5.74, 6) is -0.561. The number of piperidine rings is 1. The van der Waals surface area contributed by atoms with Gasteiger partial charge in [-0.1, -0.05) is 12.1 Å². The highest BCUT2D eigenvalue weighted by Gasteiger charge is 2.27. The molecule has 9 heteroatoms. The molecule has 3 heterocycles. The van der Waals surface area contributed by atoms with Crippen molar-refractivity contribution >= 4 is 28.0 Å². The van der Waals surface area contributed by atoms with Gasteiger partial charge in [-0.05, 0) is 43.2 Å². The first kappa shape index (κ1) is 18.5. The van der Waals surface area contributed by atoms with Crippen molar-refractivity contribution in [2.45, 2.75) is 25.3 Å². The smallest absolute Gasteiger partial charge is 0.326 e. The summed E-state index contributed by atoms with van der Waals surface area (Å²) in [6.07, 6.45) is -1.37. The topological polar surface area (TPSA) is 86.8 Å². The number of nitrogens with zero attached hydrogens (tertiary/aromatic N) is 3. The molecule has 0 aliphatic carbocycles. The molecule has 4 aromatic rings. The number of nitrogens with one attached hydrogen (secondary N) is 2. The van der Waals surface area contributed by atoms with E-state index in [-0.39, 0.29) is 17.6 Å². The Labute approximate surface area is 169 Å². The Morgan fingerprint density at radius 2 is 1.83 bits per heavy atom. The SMILES string of the molecule is O=C(c1ccc2nc(C(F)F)[nH]c2c1)N1CCC(n2c(=O)[nH]c3ccccc32)CC1. The number of hydrogen-bond donors (Lipinski definition) is 2. The Morgan fingerprint density at radius 3 is 2.60 bits per heavy atom. The first-order valence-corrected chi connectivity index (χ1v) is 9.77. The van der Waals surface area contributed by atoms with E-state index in [9.17, 15) is 18.4 Å². The summed E-state index contributed by atoms with van der Waals surface area (Å²) in [6.45, 7) is 1.03. The van der Waals surface area contributed by atoms with Crippen molar-refractivity contribution < 1.29 is 13.6 Å². The Balaban J connectivity index is 1.34. The van der Waals surface area contributed by atoms with E-state index in [0.717, 1.165) is 11.0 Å². The number of amides is 1. The van der Waals surface area contributed by atoms with Crippen molar-refractivity contribution in [1.29, 1.82) is 0 Å². The maximum Gasteiger partial charge on any atom is 0.326 e. The number of benzene rings is 2. The number of alkyl halides is 2. The lowest BCUT2D eigenvalue weighted by Crippen LogP contribution is -2.40. The molecular weight excluding hydrogens is 392 g/mol. The predicted octanol–water partition coefficient (Wildman–Crippen LogP) is 3.62. The zero-order chi connectivity index (χ0) is 20.8. The van der Waals surface area contributed by atoms with E-state index in [0.29, 0.717) is 42.5 Å². The van der Waals surface area contributed by atoms with Crippen LogP contribution in [0.2, 0.25) is 0 Å². The van der Waals surface area contributed by atoms with E-state index in [1.54, 1.807) is 27.7 Å². The van der Waals surface area contributed by atoms with Gasteiger partial charge in [-0.3, -0.25) is 9.36 Å². The first-order chi connectivity index (χ1) is 14.5. The molecule has 0 bridgehead atoms. The van der Waals surface area contributed by atoms with Gasteiger partial charge in [0.25, 0.3) is 12.3 Å². The van der Waals surface area contributed by atoms with Gasteiger partial charge < -0.3 is 14.9 Å². The van der Waals surface area contributed by atoms with Gasteiger partial charge in [-0.25, -0.2) is 18.6 Å². The van der Waals surface area contributed by atoms with Crippen molar-refractivity contribution in [2.24, 2.45) is 0 Å². The van der Waals surface area contributed by atoms with Gasteiger partial charge in [-0.15, -0.1) is 0 Å². The molecule has 2 aromatic carbocycles. The summed E-state index contributed by atoms with van der Waals surface area (Å²) < 4.78 is 27.5. The largest absolute Gasteiger partial charge is 0.338 e. The minimum atomic E-state index is -2.69. The molecule has 1 aliphatic heterocycles. The Kier molecular flexibility index (Phi) is 4.38. The van der Waals surface area contributed by atoms with E-state index in [4.69, 9.17) is 0 Å². The lowest BCUT2D eigenvalue weighted by Gasteiger charge is -2.32. The molecule has 1 aliphatic rings. The van der Waals surface area contributed by atoms with E-state index in [2.05, 4.69) is 15.0 Å². The number of rotatable bonds is 3. The van der Waals surface area contributed by atoms with Crippen LogP contribution >= 0.6 is 0 Å². The quantitative estimate of drug-likeness (QED) is 0.540. The zero-order valence-corrected chi connectivity index (χ0v) is 15.9. The molecule has 2 N–H and O–H groups in total. The molecule has 0 radical (unpaired) electrons. The molecule has 0 spiro atoms. The molecule has 5 rings (SSSR count). The minimum absolute atomic E-state index is 0.0152. The van der Waals surface area contributed by atoms with Crippen LogP contribution in [0.5, 0.6) is 0 Å². The first-order valence-electron chi connectivity index (χ1n) is 9.77. The second-order valence-electron chi connectivity index (χ2n) is 7.50. The summed E-state index contributed by atoms with van der Waals surface area (Å²) in [5, 5.41) is 0. The molecule has 1 amide bonds. The number of H-pyrrole nitrogens is 2. The number of carbonyl (C=O) groups is 1. The number of para-hydroxylation sites is 2. The van der Waals surface area contributed by atoms with Crippen LogP contribution in [0, 0.1) is 0 Å². The number of halogens is 2. The molecule has 154 valence electrons. The standard InChI is InChI=1S/C21H19F2N5O2/c22-18(23)19-24-14-6-5-12(11-16(14)25-19)20(29)27-9-7-13(8-10-27)28-17-4-2-1-3-15(17)26-21(28)30/h1-6,11,13,18H,7-10H2,(H,24,25)(H,26,30). The highest BCUT2D eigenvalue weighted by Crippen LogP contribution is 2.26. The molecule has 2 aromatic heterocycles. The van der Waals surface area contributed by atoms with E-state index < -0.39 is 12.2 Å². The van der Waals surface area contributed by atoms with Crippen LogP contribution in [0.25, 0.3) is 22.1 Å². The molecule has 1 fully saturated rings. The lowest BCUT2D eigenvalue weighted by molar-refractivity contribution is 0.0695. The van der Waals surface area contributed by atoms with Crippen LogP contribution in [0.3, 0.4) is 0 Å². The third-order valence-electron chi connectivity index (χ3n) is 5.69. The molecule has 1 saturated heterocycles. The van der Waals surface area contributed by atoms with Crippen LogP contribution in [0.4, 0.5) is 8.78 Å². The molecule has 7 nitrogen and oxygen atoms in total. The van der Waals surface area contributed by atoms with Gasteiger partial charge in [0, 0.05) is 24.7 Å². The van der Waals surface area contributed by atoms with Crippen molar-refractivity contribution in [3.63, 3.8) is 0 Å². The molecule has 0 unspecified atom stereocenters. The van der Waals surface area contributed by atoms with Gasteiger partial charge in [0.05, 0.1) is 22.1 Å². The number of carbonyl (C=O) groups excluding carboxylic acids is 1. The van der Waals surface area contributed by atoms with E-state index >= 15 is 0 Å². The predicted molar refractivity (Wildman–Crippen MR) is 108 cm³/mol. The summed E-state index contributed by atoms with van der Waals surface area (Å²) >= 11 is 0. The molecular formula is C21H19F2N5O2. The molecule has 30 heavy (non-hydrogen) atoms. The van der Waals surface area contributed by atoms with Crippen LogP contribution in [-0.2, 0) is 0 Å². The Hall–Kier alpha value is -3.49. The maximum atomic E-state index is 12.9. The van der Waals surface area contributed by atoms with E-state index in [1.807, 2.05) is 24.3 Å². The molecule has 0 saturated carbocycles. The Morgan fingerprint density at radius 1 is 1.07 bits per heavy atom. The number of hydrogen-bond acceptors (Lipinski definition) is 3. The van der Waals surface area contributed by atoms with Gasteiger partial charge in [0.15, 0.2) is 5.82 Å². The second-order valence-corrected chi connectivity index (χ2v) is 7.50. The average Bonchev–Trinajstić information content (AvgIpc) is 3.33. The molecule has 0 atom stereocenters. The number of imidazole rings is 2. The van der Waals surface area contributed by atoms with Crippen molar-refractivity contribution in [2.75, 3.05) is 13.1 Å².